The van der Waals surface area contributed by atoms with Crippen molar-refractivity contribution in [1.29, 1.82) is 0 Å². The Morgan fingerprint density at radius 1 is 1.24 bits per heavy atom. The summed E-state index contributed by atoms with van der Waals surface area (Å²) < 4.78 is 14.7. The highest BCUT2D eigenvalue weighted by atomic mass is 79.9. The normalized spacial score (nSPS) is 12.4. The fourth-order valence-corrected chi connectivity index (χ4v) is 3.64. The number of halogens is 2. The summed E-state index contributed by atoms with van der Waals surface area (Å²) in [6.45, 7) is 2.09. The van der Waals surface area contributed by atoms with Crippen molar-refractivity contribution in [3.63, 3.8) is 0 Å². The van der Waals surface area contributed by atoms with Crippen molar-refractivity contribution in [2.45, 2.75) is 24.3 Å². The number of likely N-dealkylation sites (N-methyl/N-ethyl adjacent to an activating group) is 1. The van der Waals surface area contributed by atoms with Crippen molar-refractivity contribution < 1.29 is 4.39 Å². The smallest absolute Gasteiger partial charge is 0.126 e. The highest BCUT2D eigenvalue weighted by molar-refractivity contribution is 9.10. The highest BCUT2D eigenvalue weighted by Gasteiger charge is 2.12. The van der Waals surface area contributed by atoms with Crippen LogP contribution in [0.15, 0.2) is 51.8 Å². The topological polar surface area (TPSA) is 12.0 Å². The first-order valence-electron chi connectivity index (χ1n) is 6.89. The standard InChI is InChI=1S/C17H19BrFNS/c1-12-4-3-5-16(8-12)21-11-15(20-2)10-13-9-14(18)6-7-17(13)19/h3-9,15,20H,10-11H2,1-2H3. The minimum atomic E-state index is -0.140. The van der Waals surface area contributed by atoms with E-state index in [1.165, 1.54) is 16.5 Å². The molecule has 0 heterocycles. The van der Waals surface area contributed by atoms with Crippen molar-refractivity contribution in [3.05, 3.63) is 63.9 Å². The third kappa shape index (κ3) is 5.13. The Labute approximate surface area is 138 Å². The minimum Gasteiger partial charge on any atom is -0.316 e. The molecule has 0 radical (unpaired) electrons. The first-order valence-corrected chi connectivity index (χ1v) is 8.67. The van der Waals surface area contributed by atoms with E-state index in [1.54, 1.807) is 17.8 Å². The number of nitrogens with one attached hydrogen (secondary N) is 1. The number of thioether (sulfide) groups is 1. The van der Waals surface area contributed by atoms with Crippen molar-refractivity contribution in [2.24, 2.45) is 0 Å². The van der Waals surface area contributed by atoms with Gasteiger partial charge in [-0.05, 0) is 56.3 Å². The van der Waals surface area contributed by atoms with Crippen molar-refractivity contribution in [2.75, 3.05) is 12.8 Å². The Morgan fingerprint density at radius 2 is 2.05 bits per heavy atom. The molecule has 4 heteroatoms. The summed E-state index contributed by atoms with van der Waals surface area (Å²) in [4.78, 5) is 1.25. The Balaban J connectivity index is 1.98. The molecule has 0 amide bonds. The first-order chi connectivity index (χ1) is 10.1. The van der Waals surface area contributed by atoms with E-state index in [9.17, 15) is 4.39 Å². The van der Waals surface area contributed by atoms with Gasteiger partial charge in [0.1, 0.15) is 5.82 Å². The fourth-order valence-electron chi connectivity index (χ4n) is 2.11. The molecular weight excluding hydrogens is 349 g/mol. The van der Waals surface area contributed by atoms with Crippen LogP contribution < -0.4 is 5.32 Å². The quantitative estimate of drug-likeness (QED) is 0.734. The van der Waals surface area contributed by atoms with Crippen LogP contribution in [0.4, 0.5) is 4.39 Å². The second-order valence-electron chi connectivity index (χ2n) is 5.05. The molecule has 0 aromatic heterocycles. The van der Waals surface area contributed by atoms with Crippen LogP contribution in [0.3, 0.4) is 0 Å². The van der Waals surface area contributed by atoms with Crippen LogP contribution >= 0.6 is 27.7 Å². The maximum absolute atomic E-state index is 13.8. The maximum atomic E-state index is 13.8. The van der Waals surface area contributed by atoms with Gasteiger partial charge in [-0.1, -0.05) is 33.6 Å². The Hall–Kier alpha value is -0.840. The van der Waals surface area contributed by atoms with E-state index in [0.717, 1.165) is 15.8 Å². The van der Waals surface area contributed by atoms with E-state index in [0.29, 0.717) is 6.42 Å². The van der Waals surface area contributed by atoms with E-state index in [1.807, 2.05) is 13.1 Å². The average Bonchev–Trinajstić information content (AvgIpc) is 2.47. The molecule has 2 rings (SSSR count). The van der Waals surface area contributed by atoms with Gasteiger partial charge in [-0.3, -0.25) is 0 Å². The summed E-state index contributed by atoms with van der Waals surface area (Å²) in [5.41, 5.74) is 2.01. The summed E-state index contributed by atoms with van der Waals surface area (Å²) in [7, 11) is 1.93. The maximum Gasteiger partial charge on any atom is 0.126 e. The predicted molar refractivity (Wildman–Crippen MR) is 92.6 cm³/mol. The summed E-state index contributed by atoms with van der Waals surface area (Å²) in [6, 6.07) is 13.8. The van der Waals surface area contributed by atoms with E-state index in [2.05, 4.69) is 52.4 Å². The van der Waals surface area contributed by atoms with Gasteiger partial charge in [0.2, 0.25) is 0 Å². The summed E-state index contributed by atoms with van der Waals surface area (Å²) in [5.74, 6) is 0.769. The van der Waals surface area contributed by atoms with Gasteiger partial charge in [0.25, 0.3) is 0 Å². The zero-order chi connectivity index (χ0) is 15.2. The zero-order valence-electron chi connectivity index (χ0n) is 12.2. The molecule has 0 aliphatic rings. The van der Waals surface area contributed by atoms with Gasteiger partial charge in [0.05, 0.1) is 0 Å². The molecule has 0 saturated carbocycles. The number of hydrogen-bond acceptors (Lipinski definition) is 2. The van der Waals surface area contributed by atoms with E-state index in [-0.39, 0.29) is 11.9 Å². The van der Waals surface area contributed by atoms with Gasteiger partial charge in [0.15, 0.2) is 0 Å². The van der Waals surface area contributed by atoms with Gasteiger partial charge >= 0.3 is 0 Å². The molecule has 1 N–H and O–H groups in total. The highest BCUT2D eigenvalue weighted by Crippen LogP contribution is 2.22. The van der Waals surface area contributed by atoms with Gasteiger partial charge < -0.3 is 5.32 Å². The number of hydrogen-bond donors (Lipinski definition) is 1. The van der Waals surface area contributed by atoms with Crippen LogP contribution in [-0.4, -0.2) is 18.8 Å². The van der Waals surface area contributed by atoms with Gasteiger partial charge in [-0.15, -0.1) is 11.8 Å². The molecule has 0 aliphatic heterocycles. The largest absolute Gasteiger partial charge is 0.316 e. The molecule has 112 valence electrons. The summed E-state index contributed by atoms with van der Waals surface area (Å²) in [6.07, 6.45) is 0.681. The van der Waals surface area contributed by atoms with Gasteiger partial charge in [-0.2, -0.15) is 0 Å². The lowest BCUT2D eigenvalue weighted by Crippen LogP contribution is -2.30. The summed E-state index contributed by atoms with van der Waals surface area (Å²) >= 11 is 5.20. The predicted octanol–water partition coefficient (Wildman–Crippen LogP) is 4.82. The van der Waals surface area contributed by atoms with E-state index < -0.39 is 0 Å². The minimum absolute atomic E-state index is 0.140. The third-order valence-electron chi connectivity index (χ3n) is 3.32. The number of benzene rings is 2. The van der Waals surface area contributed by atoms with Crippen LogP contribution in [0.5, 0.6) is 0 Å². The molecule has 1 atom stereocenters. The monoisotopic (exact) mass is 367 g/mol. The molecule has 2 aromatic carbocycles. The molecular formula is C17H19BrFNS. The van der Waals surface area contributed by atoms with Crippen LogP contribution in [0.1, 0.15) is 11.1 Å². The van der Waals surface area contributed by atoms with Gasteiger partial charge in [-0.25, -0.2) is 4.39 Å². The molecule has 0 fully saturated rings. The molecule has 0 aliphatic carbocycles. The molecule has 0 spiro atoms. The third-order valence-corrected chi connectivity index (χ3v) is 4.97. The second-order valence-corrected chi connectivity index (χ2v) is 7.06. The SMILES string of the molecule is CNC(CSc1cccc(C)c1)Cc1cc(Br)ccc1F. The average molecular weight is 368 g/mol. The van der Waals surface area contributed by atoms with Crippen molar-refractivity contribution >= 4 is 27.7 Å². The lowest BCUT2D eigenvalue weighted by Gasteiger charge is -2.16. The molecule has 2 aromatic rings. The van der Waals surface area contributed by atoms with Crippen molar-refractivity contribution in [3.8, 4) is 0 Å². The second kappa shape index (κ2) is 7.97. The first kappa shape index (κ1) is 16.5. The lowest BCUT2D eigenvalue weighted by atomic mass is 10.1. The van der Waals surface area contributed by atoms with Crippen LogP contribution in [0.25, 0.3) is 0 Å². The molecule has 1 nitrogen and oxygen atoms in total. The van der Waals surface area contributed by atoms with Crippen LogP contribution in [-0.2, 0) is 6.42 Å². The molecule has 0 bridgehead atoms. The number of aryl methyl sites for hydroxylation is 1. The Kier molecular flexibility index (Phi) is 6.27. The molecule has 1 unspecified atom stereocenters. The van der Waals surface area contributed by atoms with Crippen LogP contribution in [0, 0.1) is 12.7 Å². The molecule has 0 saturated heterocycles. The Morgan fingerprint density at radius 3 is 2.76 bits per heavy atom. The van der Waals surface area contributed by atoms with E-state index in [4.69, 9.17) is 0 Å². The summed E-state index contributed by atoms with van der Waals surface area (Å²) in [5, 5.41) is 3.28. The zero-order valence-corrected chi connectivity index (χ0v) is 14.6. The van der Waals surface area contributed by atoms with Crippen molar-refractivity contribution in [1.82, 2.24) is 5.32 Å². The molecule has 21 heavy (non-hydrogen) atoms. The Bertz CT molecular complexity index is 603. The lowest BCUT2D eigenvalue weighted by molar-refractivity contribution is 0.568. The van der Waals surface area contributed by atoms with Crippen LogP contribution in [0.2, 0.25) is 0 Å². The number of rotatable bonds is 6. The van der Waals surface area contributed by atoms with Gasteiger partial charge in [0, 0.05) is 21.2 Å². The fraction of sp³-hybridized carbons (Fsp3) is 0.294. The van der Waals surface area contributed by atoms with E-state index >= 15 is 0 Å².